The van der Waals surface area contributed by atoms with Crippen molar-refractivity contribution in [2.45, 2.75) is 11.3 Å². The highest BCUT2D eigenvalue weighted by molar-refractivity contribution is 7.90. The van der Waals surface area contributed by atoms with Crippen molar-refractivity contribution in [1.82, 2.24) is 8.96 Å². The molecule has 6 rings (SSSR count). The molecule has 0 radical (unpaired) electrons. The summed E-state index contributed by atoms with van der Waals surface area (Å²) < 4.78 is 61.7. The van der Waals surface area contributed by atoms with Crippen molar-refractivity contribution in [2.24, 2.45) is 0 Å². The molecule has 0 amide bonds. The molecular weight excluding hydrogens is 674 g/mol. The molecule has 0 bridgehead atoms. The predicted octanol–water partition coefficient (Wildman–Crippen LogP) is 7.69. The van der Waals surface area contributed by atoms with Gasteiger partial charge in [-0.3, -0.25) is 4.79 Å². The van der Waals surface area contributed by atoms with Gasteiger partial charge >= 0.3 is 5.97 Å². The van der Waals surface area contributed by atoms with E-state index >= 15 is 0 Å². The third-order valence-corrected chi connectivity index (χ3v) is 9.93. The van der Waals surface area contributed by atoms with Crippen LogP contribution in [0.15, 0.2) is 107 Å². The zero-order chi connectivity index (χ0) is 35.0. The van der Waals surface area contributed by atoms with E-state index in [1.807, 2.05) is 0 Å². The first-order valence-corrected chi connectivity index (χ1v) is 16.1. The molecule has 49 heavy (non-hydrogen) atoms. The smallest absolute Gasteiger partial charge is 0.337 e. The van der Waals surface area contributed by atoms with Crippen LogP contribution in [0.5, 0.6) is 0 Å². The maximum absolute atomic E-state index is 14.6. The molecule has 0 spiro atoms. The summed E-state index contributed by atoms with van der Waals surface area (Å²) in [4.78, 5) is 27.0. The number of pyridine rings is 1. The van der Waals surface area contributed by atoms with E-state index in [9.17, 15) is 37.3 Å². The summed E-state index contributed by atoms with van der Waals surface area (Å²) in [5.74, 6) is -0.595. The van der Waals surface area contributed by atoms with E-state index in [1.54, 1.807) is 30.3 Å². The van der Waals surface area contributed by atoms with Gasteiger partial charge in [-0.25, -0.2) is 26.0 Å². The number of halogens is 3. The number of carbonyl (C=O) groups excluding carboxylic acids is 1. The van der Waals surface area contributed by atoms with Gasteiger partial charge in [0.15, 0.2) is 0 Å². The fourth-order valence-electron chi connectivity index (χ4n) is 5.67. The van der Waals surface area contributed by atoms with Gasteiger partial charge < -0.3 is 9.72 Å². The second-order valence-corrected chi connectivity index (χ2v) is 12.9. The first-order valence-electron chi connectivity index (χ1n) is 14.3. The molecule has 4 aromatic carbocycles. The number of aromatic amines is 1. The van der Waals surface area contributed by atoms with Gasteiger partial charge in [0.1, 0.15) is 0 Å². The summed E-state index contributed by atoms with van der Waals surface area (Å²) in [6.45, 7) is 0. The number of carbonyl (C=O) groups is 1. The normalized spacial score (nSPS) is 11.3. The maximum Gasteiger partial charge on any atom is 0.337 e. The van der Waals surface area contributed by atoms with Crippen LogP contribution < -0.4 is 5.56 Å². The fraction of sp³-hybridized carbons (Fsp3) is 0.0556. The van der Waals surface area contributed by atoms with Crippen molar-refractivity contribution in [3.8, 4) is 45.6 Å². The maximum atomic E-state index is 14.6. The monoisotopic (exact) mass is 694 g/mol. The number of hydrogen-bond acceptors (Lipinski definition) is 7. The van der Waals surface area contributed by atoms with Crippen LogP contribution in [0.3, 0.4) is 0 Å². The Bertz CT molecular complexity index is 2530. The fourth-order valence-corrected chi connectivity index (χ4v) is 7.50. The summed E-state index contributed by atoms with van der Waals surface area (Å²) in [6, 6.07) is 25.0. The Balaban J connectivity index is 1.75. The highest BCUT2D eigenvalue weighted by Gasteiger charge is 2.31. The number of hydrogen-bond donors (Lipinski definition) is 1. The average Bonchev–Trinajstić information content (AvgIpc) is 3.45. The molecule has 0 saturated carbocycles. The lowest BCUT2D eigenvalue weighted by atomic mass is 9.91. The number of rotatable bonds is 7. The zero-order valence-electron chi connectivity index (χ0n) is 25.2. The number of fused-ring (bicyclic) bond motifs is 1. The van der Waals surface area contributed by atoms with Crippen molar-refractivity contribution in [2.75, 3.05) is 7.11 Å². The van der Waals surface area contributed by atoms with Gasteiger partial charge in [-0.1, -0.05) is 54.1 Å². The number of aromatic nitrogens is 2. The van der Waals surface area contributed by atoms with Crippen molar-refractivity contribution in [3.05, 3.63) is 135 Å². The molecule has 9 nitrogen and oxygen atoms in total. The molecule has 0 aliphatic carbocycles. The Morgan fingerprint density at radius 3 is 2.16 bits per heavy atom. The summed E-state index contributed by atoms with van der Waals surface area (Å²) in [6.07, 6.45) is -1.64. The van der Waals surface area contributed by atoms with Crippen LogP contribution in [-0.4, -0.2) is 30.5 Å². The Labute approximate surface area is 282 Å². The highest BCUT2D eigenvalue weighted by atomic mass is 35.5. The molecule has 1 N–H and O–H groups in total. The molecule has 0 aliphatic heterocycles. The Morgan fingerprint density at radius 2 is 1.55 bits per heavy atom. The lowest BCUT2D eigenvalue weighted by Gasteiger charge is -2.16. The van der Waals surface area contributed by atoms with E-state index in [4.69, 9.17) is 16.3 Å². The minimum absolute atomic E-state index is 0.00923. The molecule has 13 heteroatoms. The van der Waals surface area contributed by atoms with Crippen LogP contribution in [0, 0.1) is 22.7 Å². The minimum atomic E-state index is -4.62. The summed E-state index contributed by atoms with van der Waals surface area (Å²) >= 11 is 6.60. The first-order chi connectivity index (χ1) is 23.5. The first kappa shape index (κ1) is 32.8. The van der Waals surface area contributed by atoms with Gasteiger partial charge in [0.05, 0.1) is 52.0 Å². The second kappa shape index (κ2) is 12.8. The Kier molecular flexibility index (Phi) is 8.61. The second-order valence-electron chi connectivity index (χ2n) is 10.7. The van der Waals surface area contributed by atoms with E-state index in [-0.39, 0.29) is 65.5 Å². The van der Waals surface area contributed by atoms with E-state index < -0.39 is 28.0 Å². The predicted molar refractivity (Wildman–Crippen MR) is 179 cm³/mol. The number of nitriles is 2. The number of methoxy groups -OCH3 is 1. The van der Waals surface area contributed by atoms with Crippen molar-refractivity contribution in [3.63, 3.8) is 0 Å². The quantitative estimate of drug-likeness (QED) is 0.169. The molecule has 2 heterocycles. The molecule has 0 saturated heterocycles. The van der Waals surface area contributed by atoms with Crippen molar-refractivity contribution >= 4 is 38.5 Å². The number of esters is 1. The standard InChI is InChI=1S/C36H21ClF2N4O5S/c1-48-36(45)23-10-13-27(29(37)15-23)21-4-2-5-22(14-21)34-33(32-24(17-40)6-3-7-25(32)18-41)28-16-31(44)42-19-30(28)43(34)49(46,47)26-11-8-20(9-12-26)35(38)39/h2-16,19,35H,1H3,(H,42,44). The van der Waals surface area contributed by atoms with Crippen LogP contribution in [0.1, 0.15) is 33.5 Å². The number of ether oxygens (including phenoxy) is 1. The van der Waals surface area contributed by atoms with E-state index in [0.29, 0.717) is 11.1 Å². The molecule has 0 unspecified atom stereocenters. The minimum Gasteiger partial charge on any atom is -0.465 e. The molecule has 0 fully saturated rings. The summed E-state index contributed by atoms with van der Waals surface area (Å²) in [5.41, 5.74) is 0.738. The van der Waals surface area contributed by atoms with Gasteiger partial charge in [0.2, 0.25) is 5.56 Å². The lowest BCUT2D eigenvalue weighted by molar-refractivity contribution is 0.0600. The third-order valence-electron chi connectivity index (χ3n) is 7.89. The van der Waals surface area contributed by atoms with Crippen LogP contribution in [-0.2, 0) is 14.8 Å². The van der Waals surface area contributed by atoms with E-state index in [0.717, 1.165) is 28.2 Å². The van der Waals surface area contributed by atoms with Crippen molar-refractivity contribution in [1.29, 1.82) is 10.5 Å². The Hall–Kier alpha value is -6.08. The topological polar surface area (TPSA) is 146 Å². The van der Waals surface area contributed by atoms with E-state index in [1.165, 1.54) is 49.7 Å². The number of H-pyrrole nitrogens is 1. The van der Waals surface area contributed by atoms with Gasteiger partial charge in [-0.05, 0) is 48.0 Å². The van der Waals surface area contributed by atoms with Crippen LogP contribution >= 0.6 is 11.6 Å². The zero-order valence-corrected chi connectivity index (χ0v) is 26.8. The molecule has 0 atom stereocenters. The SMILES string of the molecule is COC(=O)c1ccc(-c2cccc(-c3c(-c4c(C#N)cccc4C#N)c4cc(=O)[nH]cc4n3S(=O)(=O)c3ccc(C(F)F)cc3)c2)c(Cl)c1. The van der Waals surface area contributed by atoms with Gasteiger partial charge in [0.25, 0.3) is 16.4 Å². The molecular formula is C36H21ClF2N4O5S. The number of nitrogens with zero attached hydrogens (tertiary/aromatic N) is 3. The van der Waals surface area contributed by atoms with Gasteiger partial charge in [0, 0.05) is 50.5 Å². The number of alkyl halides is 2. The molecule has 0 aliphatic rings. The average molecular weight is 695 g/mol. The van der Waals surface area contributed by atoms with E-state index in [2.05, 4.69) is 17.1 Å². The lowest BCUT2D eigenvalue weighted by Crippen LogP contribution is -2.15. The van der Waals surface area contributed by atoms with Gasteiger partial charge in [-0.2, -0.15) is 10.5 Å². The number of nitrogens with one attached hydrogen (secondary N) is 1. The molecule has 2 aromatic heterocycles. The number of benzene rings is 4. The third kappa shape index (κ3) is 5.74. The van der Waals surface area contributed by atoms with Crippen LogP contribution in [0.2, 0.25) is 5.02 Å². The molecule has 6 aromatic rings. The summed E-state index contributed by atoms with van der Waals surface area (Å²) in [7, 11) is -3.39. The van der Waals surface area contributed by atoms with Crippen LogP contribution in [0.4, 0.5) is 8.78 Å². The van der Waals surface area contributed by atoms with Gasteiger partial charge in [-0.15, -0.1) is 0 Å². The highest BCUT2D eigenvalue weighted by Crippen LogP contribution is 2.45. The van der Waals surface area contributed by atoms with Crippen molar-refractivity contribution < 1.29 is 26.7 Å². The molecule has 242 valence electrons. The Morgan fingerprint density at radius 1 is 0.898 bits per heavy atom. The summed E-state index contributed by atoms with van der Waals surface area (Å²) in [5, 5.41) is 20.6. The van der Waals surface area contributed by atoms with Crippen LogP contribution in [0.25, 0.3) is 44.4 Å². The largest absolute Gasteiger partial charge is 0.465 e.